The van der Waals surface area contributed by atoms with E-state index >= 15 is 0 Å². The minimum absolute atomic E-state index is 0.0254. The van der Waals surface area contributed by atoms with Crippen molar-refractivity contribution in [3.63, 3.8) is 0 Å². The lowest BCUT2D eigenvalue weighted by molar-refractivity contribution is 0.0951. The van der Waals surface area contributed by atoms with Gasteiger partial charge in [0.25, 0.3) is 5.91 Å². The van der Waals surface area contributed by atoms with E-state index < -0.39 is 0 Å². The first-order valence-electron chi connectivity index (χ1n) is 8.05. The fourth-order valence-corrected chi connectivity index (χ4v) is 3.21. The van der Waals surface area contributed by atoms with E-state index in [9.17, 15) is 4.79 Å². The van der Waals surface area contributed by atoms with Gasteiger partial charge in [0, 0.05) is 22.2 Å². The first-order chi connectivity index (χ1) is 11.2. The van der Waals surface area contributed by atoms with Gasteiger partial charge >= 0.3 is 0 Å². The van der Waals surface area contributed by atoms with Crippen LogP contribution in [0.2, 0.25) is 0 Å². The molecule has 2 aromatic carbocycles. The Hall–Kier alpha value is -1.40. The fourth-order valence-electron chi connectivity index (χ4n) is 2.85. The Morgan fingerprint density at radius 3 is 2.22 bits per heavy atom. The number of nitrogens with one attached hydrogen (secondary N) is 1. The van der Waals surface area contributed by atoms with Crippen molar-refractivity contribution in [3.05, 3.63) is 68.8 Å². The molecular weight excluding hydrogens is 399 g/mol. The van der Waals surface area contributed by atoms with Crippen LogP contribution < -0.4 is 5.32 Å². The van der Waals surface area contributed by atoms with E-state index in [1.807, 2.05) is 24.3 Å². The van der Waals surface area contributed by atoms with Crippen molar-refractivity contribution >= 4 is 28.5 Å². The Morgan fingerprint density at radius 1 is 0.957 bits per heavy atom. The van der Waals surface area contributed by atoms with Gasteiger partial charge in [-0.1, -0.05) is 24.3 Å². The number of nitrogens with zero attached hydrogens (tertiary/aromatic N) is 1. The average Bonchev–Trinajstić information content (AvgIpc) is 3.07. The van der Waals surface area contributed by atoms with Crippen LogP contribution in [-0.4, -0.2) is 23.9 Å². The van der Waals surface area contributed by atoms with Crippen molar-refractivity contribution in [2.45, 2.75) is 25.9 Å². The van der Waals surface area contributed by atoms with Gasteiger partial charge in [0.15, 0.2) is 0 Å². The summed E-state index contributed by atoms with van der Waals surface area (Å²) < 4.78 is 1.13. The lowest BCUT2D eigenvalue weighted by Gasteiger charge is -2.14. The molecule has 1 fully saturated rings. The molecule has 1 saturated heterocycles. The van der Waals surface area contributed by atoms with E-state index in [1.54, 1.807) is 0 Å². The number of carbonyl (C=O) groups is 1. The highest BCUT2D eigenvalue weighted by Gasteiger charge is 2.11. The summed E-state index contributed by atoms with van der Waals surface area (Å²) >= 11 is 2.24. The van der Waals surface area contributed by atoms with Gasteiger partial charge in [-0.25, -0.2) is 0 Å². The molecule has 2 aromatic rings. The summed E-state index contributed by atoms with van der Waals surface area (Å²) in [6.07, 6.45) is 2.64. The molecule has 4 heteroatoms. The van der Waals surface area contributed by atoms with Crippen LogP contribution in [0.1, 0.15) is 34.3 Å². The molecular formula is C19H21IN2O. The summed E-state index contributed by atoms with van der Waals surface area (Å²) in [7, 11) is 0. The van der Waals surface area contributed by atoms with E-state index in [1.165, 1.54) is 31.5 Å². The molecule has 0 atom stereocenters. The SMILES string of the molecule is O=C(NCc1ccc(CN2CCCC2)cc1)c1ccc(I)cc1. The maximum atomic E-state index is 12.1. The van der Waals surface area contributed by atoms with Gasteiger partial charge in [0.1, 0.15) is 0 Å². The number of halogens is 1. The summed E-state index contributed by atoms with van der Waals surface area (Å²) in [5, 5.41) is 2.98. The van der Waals surface area contributed by atoms with Crippen LogP contribution in [0, 0.1) is 3.57 Å². The van der Waals surface area contributed by atoms with Crippen LogP contribution in [0.25, 0.3) is 0 Å². The Bertz CT molecular complexity index is 646. The van der Waals surface area contributed by atoms with Crippen LogP contribution in [0.15, 0.2) is 48.5 Å². The molecule has 3 nitrogen and oxygen atoms in total. The Balaban J connectivity index is 1.51. The molecule has 0 spiro atoms. The lowest BCUT2D eigenvalue weighted by atomic mass is 10.1. The van der Waals surface area contributed by atoms with Crippen LogP contribution in [-0.2, 0) is 13.1 Å². The standard InChI is InChI=1S/C19H21IN2O/c20-18-9-7-17(8-10-18)19(23)21-13-15-3-5-16(6-4-15)14-22-11-1-2-12-22/h3-10H,1-2,11-14H2,(H,21,23). The quantitative estimate of drug-likeness (QED) is 0.747. The molecule has 0 unspecified atom stereocenters. The molecule has 1 aliphatic heterocycles. The second-order valence-electron chi connectivity index (χ2n) is 5.99. The number of benzene rings is 2. The van der Waals surface area contributed by atoms with Crippen molar-refractivity contribution < 1.29 is 4.79 Å². The van der Waals surface area contributed by atoms with Gasteiger partial charge < -0.3 is 5.32 Å². The van der Waals surface area contributed by atoms with E-state index in [0.29, 0.717) is 12.1 Å². The minimum atomic E-state index is -0.0254. The summed E-state index contributed by atoms with van der Waals surface area (Å²) in [5.74, 6) is -0.0254. The summed E-state index contributed by atoms with van der Waals surface area (Å²) in [5.41, 5.74) is 3.18. The summed E-state index contributed by atoms with van der Waals surface area (Å²) in [6.45, 7) is 4.03. The maximum absolute atomic E-state index is 12.1. The third-order valence-electron chi connectivity index (χ3n) is 4.19. The van der Waals surface area contributed by atoms with Crippen LogP contribution >= 0.6 is 22.6 Å². The normalized spacial score (nSPS) is 14.8. The van der Waals surface area contributed by atoms with Crippen LogP contribution in [0.4, 0.5) is 0 Å². The number of hydrogen-bond acceptors (Lipinski definition) is 2. The van der Waals surface area contributed by atoms with Gasteiger partial charge in [-0.2, -0.15) is 0 Å². The first kappa shape index (κ1) is 16.5. The molecule has 1 aliphatic rings. The van der Waals surface area contributed by atoms with Crippen molar-refractivity contribution in [1.82, 2.24) is 10.2 Å². The zero-order chi connectivity index (χ0) is 16.1. The highest BCUT2D eigenvalue weighted by Crippen LogP contribution is 2.13. The van der Waals surface area contributed by atoms with Gasteiger partial charge in [0.05, 0.1) is 0 Å². The van der Waals surface area contributed by atoms with Crippen molar-refractivity contribution in [3.8, 4) is 0 Å². The van der Waals surface area contributed by atoms with Crippen molar-refractivity contribution in [2.75, 3.05) is 13.1 Å². The second kappa shape index (κ2) is 7.93. The monoisotopic (exact) mass is 420 g/mol. The first-order valence-corrected chi connectivity index (χ1v) is 9.12. The predicted molar refractivity (Wildman–Crippen MR) is 101 cm³/mol. The molecule has 1 amide bonds. The molecule has 1 N–H and O–H groups in total. The minimum Gasteiger partial charge on any atom is -0.348 e. The molecule has 0 radical (unpaired) electrons. The highest BCUT2D eigenvalue weighted by molar-refractivity contribution is 14.1. The number of amides is 1. The van der Waals surface area contributed by atoms with Crippen LogP contribution in [0.5, 0.6) is 0 Å². The smallest absolute Gasteiger partial charge is 0.251 e. The lowest BCUT2D eigenvalue weighted by Crippen LogP contribution is -2.22. The zero-order valence-corrected chi connectivity index (χ0v) is 15.3. The molecule has 120 valence electrons. The van der Waals surface area contributed by atoms with Crippen LogP contribution in [0.3, 0.4) is 0 Å². The van der Waals surface area contributed by atoms with E-state index in [2.05, 4.69) is 57.1 Å². The Kier molecular flexibility index (Phi) is 5.67. The molecule has 23 heavy (non-hydrogen) atoms. The van der Waals surface area contributed by atoms with E-state index in [4.69, 9.17) is 0 Å². The van der Waals surface area contributed by atoms with Crippen molar-refractivity contribution in [1.29, 1.82) is 0 Å². The maximum Gasteiger partial charge on any atom is 0.251 e. The molecule has 0 saturated carbocycles. The second-order valence-corrected chi connectivity index (χ2v) is 7.23. The molecule has 0 aromatic heterocycles. The third-order valence-corrected chi connectivity index (χ3v) is 4.91. The average molecular weight is 420 g/mol. The van der Waals surface area contributed by atoms with E-state index in [-0.39, 0.29) is 5.91 Å². The number of rotatable bonds is 5. The van der Waals surface area contributed by atoms with E-state index in [0.717, 1.165) is 15.7 Å². The Morgan fingerprint density at radius 2 is 1.57 bits per heavy atom. The summed E-state index contributed by atoms with van der Waals surface area (Å²) in [4.78, 5) is 14.6. The summed E-state index contributed by atoms with van der Waals surface area (Å²) in [6, 6.07) is 16.2. The molecule has 0 bridgehead atoms. The Labute approximate surface area is 151 Å². The highest BCUT2D eigenvalue weighted by atomic mass is 127. The van der Waals surface area contributed by atoms with Gasteiger partial charge in [-0.05, 0) is 83.9 Å². The number of carbonyl (C=O) groups excluding carboxylic acids is 1. The fraction of sp³-hybridized carbons (Fsp3) is 0.316. The van der Waals surface area contributed by atoms with Gasteiger partial charge in [-0.3, -0.25) is 9.69 Å². The third kappa shape index (κ3) is 4.78. The zero-order valence-electron chi connectivity index (χ0n) is 13.1. The van der Waals surface area contributed by atoms with Gasteiger partial charge in [-0.15, -0.1) is 0 Å². The van der Waals surface area contributed by atoms with Crippen molar-refractivity contribution in [2.24, 2.45) is 0 Å². The molecule has 0 aliphatic carbocycles. The topological polar surface area (TPSA) is 32.3 Å². The largest absolute Gasteiger partial charge is 0.348 e. The number of hydrogen-bond donors (Lipinski definition) is 1. The molecule has 1 heterocycles. The predicted octanol–water partition coefficient (Wildman–Crippen LogP) is 3.82. The molecule has 3 rings (SSSR count). The van der Waals surface area contributed by atoms with Gasteiger partial charge in [0.2, 0.25) is 0 Å². The number of likely N-dealkylation sites (tertiary alicyclic amines) is 1.